The van der Waals surface area contributed by atoms with E-state index < -0.39 is 0 Å². The summed E-state index contributed by atoms with van der Waals surface area (Å²) >= 11 is 6.08. The van der Waals surface area contributed by atoms with Gasteiger partial charge in [-0.1, -0.05) is 30.7 Å². The van der Waals surface area contributed by atoms with Crippen LogP contribution in [0, 0.1) is 5.92 Å². The van der Waals surface area contributed by atoms with Crippen LogP contribution in [0.5, 0.6) is 0 Å². The first-order valence-corrected chi connectivity index (χ1v) is 9.30. The van der Waals surface area contributed by atoms with Gasteiger partial charge < -0.3 is 14.8 Å². The van der Waals surface area contributed by atoms with Crippen LogP contribution in [0.15, 0.2) is 48.0 Å². The van der Waals surface area contributed by atoms with E-state index in [9.17, 15) is 0 Å². The van der Waals surface area contributed by atoms with Gasteiger partial charge in [-0.2, -0.15) is 0 Å². The molecule has 0 amide bonds. The highest BCUT2D eigenvalue weighted by molar-refractivity contribution is 6.30. The van der Waals surface area contributed by atoms with Crippen molar-refractivity contribution in [3.63, 3.8) is 0 Å². The Morgan fingerprint density at radius 1 is 1.44 bits per heavy atom. The van der Waals surface area contributed by atoms with Gasteiger partial charge in [0.05, 0.1) is 18.9 Å². The number of benzene rings is 1. The zero-order valence-electron chi connectivity index (χ0n) is 14.9. The van der Waals surface area contributed by atoms with Crippen molar-refractivity contribution < 1.29 is 0 Å². The minimum Gasteiger partial charge on any atom is -0.357 e. The first-order valence-electron chi connectivity index (χ1n) is 8.92. The average molecular weight is 360 g/mol. The molecular formula is C19H26ClN5. The number of halogens is 1. The van der Waals surface area contributed by atoms with Gasteiger partial charge in [0.15, 0.2) is 5.96 Å². The van der Waals surface area contributed by atoms with Gasteiger partial charge >= 0.3 is 0 Å². The van der Waals surface area contributed by atoms with E-state index in [1.165, 1.54) is 0 Å². The van der Waals surface area contributed by atoms with E-state index in [0.29, 0.717) is 18.5 Å². The molecule has 2 unspecified atom stereocenters. The fourth-order valence-corrected chi connectivity index (χ4v) is 3.54. The minimum atomic E-state index is 0.422. The second kappa shape index (κ2) is 8.39. The topological polar surface area (TPSA) is 45.5 Å². The van der Waals surface area contributed by atoms with E-state index in [4.69, 9.17) is 16.6 Å². The number of imidazole rings is 1. The number of hydrogen-bond acceptors (Lipinski definition) is 2. The molecule has 3 rings (SSSR count). The maximum absolute atomic E-state index is 6.08. The lowest BCUT2D eigenvalue weighted by atomic mass is 9.93. The summed E-state index contributed by atoms with van der Waals surface area (Å²) in [4.78, 5) is 11.4. The third-order valence-electron chi connectivity index (χ3n) is 4.76. The van der Waals surface area contributed by atoms with Gasteiger partial charge in [-0.05, 0) is 37.0 Å². The Kier molecular flexibility index (Phi) is 5.97. The van der Waals surface area contributed by atoms with Crippen LogP contribution in [0.3, 0.4) is 0 Å². The molecule has 6 heteroatoms. The van der Waals surface area contributed by atoms with Crippen LogP contribution in [0.4, 0.5) is 0 Å². The molecule has 1 fully saturated rings. The number of hydrogen-bond donors (Lipinski definition) is 1. The quantitative estimate of drug-likeness (QED) is 0.670. The van der Waals surface area contributed by atoms with Crippen LogP contribution in [0.25, 0.3) is 0 Å². The standard InChI is InChI=1S/C19H26ClN5/c1-3-22-19(23-12-16-5-4-6-17(20)11-16)24-9-7-15(2)18(13-24)25-10-8-21-14-25/h4-6,8,10-11,14-15,18H,3,7,9,12-13H2,1-2H3,(H,22,23). The Bertz CT molecular complexity index is 698. The van der Waals surface area contributed by atoms with Crippen molar-refractivity contribution in [1.82, 2.24) is 19.8 Å². The van der Waals surface area contributed by atoms with Crippen molar-refractivity contribution in [1.29, 1.82) is 0 Å². The zero-order chi connectivity index (χ0) is 17.6. The number of nitrogens with one attached hydrogen (secondary N) is 1. The highest BCUT2D eigenvalue weighted by Gasteiger charge is 2.28. The highest BCUT2D eigenvalue weighted by Crippen LogP contribution is 2.27. The molecule has 1 aliphatic heterocycles. The molecule has 0 radical (unpaired) electrons. The molecule has 1 N–H and O–H groups in total. The Morgan fingerprint density at radius 2 is 2.32 bits per heavy atom. The maximum Gasteiger partial charge on any atom is 0.194 e. The Hall–Kier alpha value is -2.01. The molecule has 134 valence electrons. The van der Waals surface area contributed by atoms with Crippen molar-refractivity contribution in [3.8, 4) is 0 Å². The number of nitrogens with zero attached hydrogens (tertiary/aromatic N) is 4. The second-order valence-electron chi connectivity index (χ2n) is 6.59. The molecule has 1 aromatic heterocycles. The molecule has 25 heavy (non-hydrogen) atoms. The first kappa shape index (κ1) is 17.8. The summed E-state index contributed by atoms with van der Waals surface area (Å²) in [7, 11) is 0. The molecule has 1 aliphatic rings. The summed E-state index contributed by atoms with van der Waals surface area (Å²) < 4.78 is 2.22. The predicted molar refractivity (Wildman–Crippen MR) is 103 cm³/mol. The molecule has 0 aliphatic carbocycles. The smallest absolute Gasteiger partial charge is 0.194 e. The average Bonchev–Trinajstić information content (AvgIpc) is 3.14. The molecule has 2 heterocycles. The number of likely N-dealkylation sites (tertiary alicyclic amines) is 1. The molecule has 0 saturated carbocycles. The molecule has 1 aromatic carbocycles. The second-order valence-corrected chi connectivity index (χ2v) is 7.03. The van der Waals surface area contributed by atoms with Crippen LogP contribution in [-0.4, -0.2) is 40.0 Å². The minimum absolute atomic E-state index is 0.422. The fraction of sp³-hybridized carbons (Fsp3) is 0.474. The number of aliphatic imine (C=N–C) groups is 1. The highest BCUT2D eigenvalue weighted by atomic mass is 35.5. The van der Waals surface area contributed by atoms with Gasteiger partial charge in [-0.25, -0.2) is 9.98 Å². The van der Waals surface area contributed by atoms with Gasteiger partial charge in [0.2, 0.25) is 0 Å². The lowest BCUT2D eigenvalue weighted by Gasteiger charge is -2.39. The molecule has 5 nitrogen and oxygen atoms in total. The summed E-state index contributed by atoms with van der Waals surface area (Å²) in [6.45, 7) is 7.88. The van der Waals surface area contributed by atoms with Crippen molar-refractivity contribution in [2.75, 3.05) is 19.6 Å². The Morgan fingerprint density at radius 3 is 3.04 bits per heavy atom. The maximum atomic E-state index is 6.08. The molecular weight excluding hydrogens is 334 g/mol. The Labute approximate surface area is 154 Å². The molecule has 0 bridgehead atoms. The van der Waals surface area contributed by atoms with E-state index in [1.807, 2.05) is 30.7 Å². The summed E-state index contributed by atoms with van der Waals surface area (Å²) in [5, 5.41) is 4.19. The molecule has 2 aromatic rings. The number of aromatic nitrogens is 2. The van der Waals surface area contributed by atoms with Crippen LogP contribution in [0.1, 0.15) is 31.9 Å². The van der Waals surface area contributed by atoms with Gasteiger partial charge in [0, 0.05) is 37.1 Å². The monoisotopic (exact) mass is 359 g/mol. The van der Waals surface area contributed by atoms with Crippen molar-refractivity contribution in [2.45, 2.75) is 32.9 Å². The van der Waals surface area contributed by atoms with Gasteiger partial charge in [-0.3, -0.25) is 0 Å². The fourth-order valence-electron chi connectivity index (χ4n) is 3.32. The summed E-state index contributed by atoms with van der Waals surface area (Å²) in [5.74, 6) is 1.60. The summed E-state index contributed by atoms with van der Waals surface area (Å²) in [6.07, 6.45) is 6.97. The van der Waals surface area contributed by atoms with Crippen LogP contribution in [0.2, 0.25) is 5.02 Å². The predicted octanol–water partition coefficient (Wildman–Crippen LogP) is 3.59. The zero-order valence-corrected chi connectivity index (χ0v) is 15.7. The van der Waals surface area contributed by atoms with Gasteiger partial charge in [-0.15, -0.1) is 0 Å². The van der Waals surface area contributed by atoms with E-state index in [0.717, 1.165) is 42.6 Å². The molecule has 1 saturated heterocycles. The van der Waals surface area contributed by atoms with Crippen molar-refractivity contribution >= 4 is 17.6 Å². The normalized spacial score (nSPS) is 21.4. The molecule has 2 atom stereocenters. The third kappa shape index (κ3) is 4.54. The van der Waals surface area contributed by atoms with E-state index in [-0.39, 0.29) is 0 Å². The van der Waals surface area contributed by atoms with Crippen LogP contribution < -0.4 is 5.32 Å². The lowest BCUT2D eigenvalue weighted by molar-refractivity contribution is 0.189. The SMILES string of the molecule is CCNC(=NCc1cccc(Cl)c1)N1CCC(C)C(n2ccnc2)C1. The van der Waals surface area contributed by atoms with E-state index >= 15 is 0 Å². The van der Waals surface area contributed by atoms with Crippen molar-refractivity contribution in [2.24, 2.45) is 10.9 Å². The number of piperidine rings is 1. The van der Waals surface area contributed by atoms with E-state index in [2.05, 4.69) is 45.9 Å². The summed E-state index contributed by atoms with van der Waals surface area (Å²) in [5.41, 5.74) is 1.12. The number of rotatable bonds is 4. The van der Waals surface area contributed by atoms with Crippen LogP contribution >= 0.6 is 11.6 Å². The van der Waals surface area contributed by atoms with E-state index in [1.54, 1.807) is 0 Å². The van der Waals surface area contributed by atoms with Crippen molar-refractivity contribution in [3.05, 3.63) is 53.6 Å². The largest absolute Gasteiger partial charge is 0.357 e. The third-order valence-corrected chi connectivity index (χ3v) is 5.00. The Balaban J connectivity index is 1.74. The van der Waals surface area contributed by atoms with Gasteiger partial charge in [0.25, 0.3) is 0 Å². The molecule has 0 spiro atoms. The van der Waals surface area contributed by atoms with Crippen LogP contribution in [-0.2, 0) is 6.54 Å². The summed E-state index contributed by atoms with van der Waals surface area (Å²) in [6, 6.07) is 8.32. The van der Waals surface area contributed by atoms with Gasteiger partial charge in [0.1, 0.15) is 0 Å². The number of guanidine groups is 1. The first-order chi connectivity index (χ1) is 12.2. The lowest BCUT2D eigenvalue weighted by Crippen LogP contribution is -2.49.